The third-order valence-electron chi connectivity index (χ3n) is 3.03. The van der Waals surface area contributed by atoms with Gasteiger partial charge in [0.25, 0.3) is 0 Å². The third-order valence-corrected chi connectivity index (χ3v) is 3.87. The number of halogens is 2. The molecule has 0 fully saturated rings. The highest BCUT2D eigenvalue weighted by atomic mass is 79.9. The fourth-order valence-electron chi connectivity index (χ4n) is 1.97. The lowest BCUT2D eigenvalue weighted by molar-refractivity contribution is 0.179. The Morgan fingerprint density at radius 2 is 2.00 bits per heavy atom. The third kappa shape index (κ3) is 3.50. The first kappa shape index (κ1) is 14.4. The molecule has 1 atom stereocenters. The fraction of sp³-hybridized carbons (Fsp3) is 0.200. The van der Waals surface area contributed by atoms with Crippen LogP contribution in [0.15, 0.2) is 40.9 Å². The van der Waals surface area contributed by atoms with Crippen LogP contribution in [0.5, 0.6) is 0 Å². The van der Waals surface area contributed by atoms with Crippen LogP contribution in [-0.2, 0) is 6.42 Å². The maximum absolute atomic E-state index is 10.3. The van der Waals surface area contributed by atoms with Gasteiger partial charge in [0.15, 0.2) is 0 Å². The maximum atomic E-state index is 10.3. The highest BCUT2D eigenvalue weighted by Crippen LogP contribution is 2.29. The number of rotatable bonds is 3. The molecule has 0 spiro atoms. The number of hydrogen-bond acceptors (Lipinski definition) is 2. The van der Waals surface area contributed by atoms with E-state index in [2.05, 4.69) is 15.9 Å². The molecular formula is C15H15BrClNO. The minimum absolute atomic E-state index is 0.444. The Bertz CT molecular complexity index is 601. The molecule has 0 radical (unpaired) electrons. The van der Waals surface area contributed by atoms with Crippen molar-refractivity contribution in [2.24, 2.45) is 0 Å². The van der Waals surface area contributed by atoms with Crippen LogP contribution in [0.3, 0.4) is 0 Å². The van der Waals surface area contributed by atoms with Gasteiger partial charge in [-0.25, -0.2) is 0 Å². The van der Waals surface area contributed by atoms with Gasteiger partial charge >= 0.3 is 0 Å². The molecule has 3 N–H and O–H groups in total. The van der Waals surface area contributed by atoms with E-state index in [1.165, 1.54) is 0 Å². The summed E-state index contributed by atoms with van der Waals surface area (Å²) in [6.07, 6.45) is -0.225. The summed E-state index contributed by atoms with van der Waals surface area (Å²) in [5.74, 6) is 0. The first-order chi connectivity index (χ1) is 8.97. The van der Waals surface area contributed by atoms with Crippen molar-refractivity contribution in [3.63, 3.8) is 0 Å². The summed E-state index contributed by atoms with van der Waals surface area (Å²) in [6.45, 7) is 1.98. The summed E-state index contributed by atoms with van der Waals surface area (Å²) in [5.41, 5.74) is 9.21. The Hall–Kier alpha value is -1.03. The van der Waals surface area contributed by atoms with Crippen LogP contribution in [0, 0.1) is 6.92 Å². The Labute approximate surface area is 126 Å². The van der Waals surface area contributed by atoms with E-state index in [4.69, 9.17) is 17.3 Å². The molecule has 0 saturated carbocycles. The molecule has 0 saturated heterocycles. The van der Waals surface area contributed by atoms with Gasteiger partial charge < -0.3 is 10.8 Å². The Balaban J connectivity index is 2.25. The summed E-state index contributed by atoms with van der Waals surface area (Å²) in [6, 6.07) is 11.3. The van der Waals surface area contributed by atoms with Gasteiger partial charge in [0.05, 0.1) is 6.10 Å². The number of benzene rings is 2. The molecule has 4 heteroatoms. The van der Waals surface area contributed by atoms with Crippen LogP contribution < -0.4 is 5.73 Å². The van der Waals surface area contributed by atoms with Crippen molar-refractivity contribution in [3.8, 4) is 0 Å². The molecule has 1 unspecified atom stereocenters. The van der Waals surface area contributed by atoms with E-state index in [0.29, 0.717) is 22.7 Å². The molecule has 2 rings (SSSR count). The van der Waals surface area contributed by atoms with Gasteiger partial charge in [-0.3, -0.25) is 0 Å². The van der Waals surface area contributed by atoms with Crippen LogP contribution in [0.4, 0.5) is 5.69 Å². The summed E-state index contributed by atoms with van der Waals surface area (Å²) in [5, 5.41) is 11.0. The van der Waals surface area contributed by atoms with Crippen LogP contribution in [0.1, 0.15) is 22.8 Å². The number of aliphatic hydroxyl groups is 1. The van der Waals surface area contributed by atoms with Crippen LogP contribution >= 0.6 is 27.5 Å². The lowest BCUT2D eigenvalue weighted by Gasteiger charge is -2.15. The number of aryl methyl sites for hydroxylation is 1. The van der Waals surface area contributed by atoms with Gasteiger partial charge in [-0.2, -0.15) is 0 Å². The van der Waals surface area contributed by atoms with Crippen LogP contribution in [-0.4, -0.2) is 5.11 Å². The van der Waals surface area contributed by atoms with Gasteiger partial charge in [0.1, 0.15) is 0 Å². The van der Waals surface area contributed by atoms with Gasteiger partial charge in [-0.05, 0) is 42.3 Å². The molecule has 2 nitrogen and oxygen atoms in total. The van der Waals surface area contributed by atoms with Crippen molar-refractivity contribution in [1.82, 2.24) is 0 Å². The lowest BCUT2D eigenvalue weighted by atomic mass is 9.99. The smallest absolute Gasteiger partial charge is 0.0851 e. The zero-order chi connectivity index (χ0) is 14.0. The van der Waals surface area contributed by atoms with E-state index in [0.717, 1.165) is 15.6 Å². The van der Waals surface area contributed by atoms with Gasteiger partial charge in [0.2, 0.25) is 0 Å². The number of hydrogen-bond donors (Lipinski definition) is 2. The summed E-state index contributed by atoms with van der Waals surface area (Å²) in [4.78, 5) is 0. The first-order valence-electron chi connectivity index (χ1n) is 5.95. The second-order valence-electron chi connectivity index (χ2n) is 4.59. The fourth-order valence-corrected chi connectivity index (χ4v) is 2.66. The standard InChI is InChI=1S/C15H15BrClNO/c1-9-2-3-10(13(17)6-9)7-15(19)12-8-11(16)4-5-14(12)18/h2-6,8,15,19H,7,18H2,1H3. The van der Waals surface area contributed by atoms with Crippen molar-refractivity contribution >= 4 is 33.2 Å². The van der Waals surface area contributed by atoms with E-state index in [1.807, 2.05) is 37.3 Å². The molecule has 0 heterocycles. The number of nitrogen functional groups attached to an aromatic ring is 1. The van der Waals surface area contributed by atoms with E-state index in [-0.39, 0.29) is 0 Å². The Kier molecular flexibility index (Phi) is 4.50. The van der Waals surface area contributed by atoms with Crippen LogP contribution in [0.25, 0.3) is 0 Å². The number of anilines is 1. The highest BCUT2D eigenvalue weighted by molar-refractivity contribution is 9.10. The van der Waals surface area contributed by atoms with Crippen molar-refractivity contribution < 1.29 is 5.11 Å². The van der Waals surface area contributed by atoms with E-state index in [9.17, 15) is 5.11 Å². The van der Waals surface area contributed by atoms with E-state index >= 15 is 0 Å². The molecule has 0 aliphatic rings. The molecule has 0 bridgehead atoms. The molecule has 100 valence electrons. The predicted octanol–water partition coefficient (Wildman–Crippen LogP) is 4.27. The first-order valence-corrected chi connectivity index (χ1v) is 7.12. The zero-order valence-electron chi connectivity index (χ0n) is 10.5. The molecule has 2 aromatic rings. The monoisotopic (exact) mass is 339 g/mol. The predicted molar refractivity (Wildman–Crippen MR) is 83.4 cm³/mol. The topological polar surface area (TPSA) is 46.2 Å². The second-order valence-corrected chi connectivity index (χ2v) is 5.91. The van der Waals surface area contributed by atoms with E-state index < -0.39 is 6.10 Å². The average molecular weight is 341 g/mol. The number of nitrogens with two attached hydrogens (primary N) is 1. The van der Waals surface area contributed by atoms with E-state index in [1.54, 1.807) is 6.07 Å². The normalized spacial score (nSPS) is 12.4. The Morgan fingerprint density at radius 1 is 1.26 bits per heavy atom. The van der Waals surface area contributed by atoms with Gasteiger partial charge in [0, 0.05) is 27.2 Å². The minimum atomic E-state index is -0.669. The SMILES string of the molecule is Cc1ccc(CC(O)c2cc(Br)ccc2N)c(Cl)c1. The molecule has 0 aliphatic carbocycles. The van der Waals surface area contributed by atoms with Gasteiger partial charge in [-0.1, -0.05) is 39.7 Å². The molecular weight excluding hydrogens is 326 g/mol. The van der Waals surface area contributed by atoms with Crippen molar-refractivity contribution in [1.29, 1.82) is 0 Å². The quantitative estimate of drug-likeness (QED) is 0.820. The molecule has 19 heavy (non-hydrogen) atoms. The van der Waals surface area contributed by atoms with Crippen LogP contribution in [0.2, 0.25) is 5.02 Å². The Morgan fingerprint density at radius 3 is 2.68 bits per heavy atom. The van der Waals surface area contributed by atoms with Crippen molar-refractivity contribution in [3.05, 3.63) is 62.6 Å². The molecule has 2 aromatic carbocycles. The zero-order valence-corrected chi connectivity index (χ0v) is 12.9. The van der Waals surface area contributed by atoms with Crippen molar-refractivity contribution in [2.45, 2.75) is 19.4 Å². The molecule has 0 aromatic heterocycles. The van der Waals surface area contributed by atoms with Crippen molar-refractivity contribution in [2.75, 3.05) is 5.73 Å². The van der Waals surface area contributed by atoms with Gasteiger partial charge in [-0.15, -0.1) is 0 Å². The highest BCUT2D eigenvalue weighted by Gasteiger charge is 2.14. The number of aliphatic hydroxyl groups excluding tert-OH is 1. The molecule has 0 amide bonds. The largest absolute Gasteiger partial charge is 0.398 e. The minimum Gasteiger partial charge on any atom is -0.398 e. The maximum Gasteiger partial charge on any atom is 0.0851 e. The summed E-state index contributed by atoms with van der Waals surface area (Å²) in [7, 11) is 0. The second kappa shape index (κ2) is 5.95. The summed E-state index contributed by atoms with van der Waals surface area (Å²) >= 11 is 9.56. The molecule has 0 aliphatic heterocycles. The summed E-state index contributed by atoms with van der Waals surface area (Å²) < 4.78 is 0.894. The average Bonchev–Trinajstić information content (AvgIpc) is 2.35. The lowest BCUT2D eigenvalue weighted by Crippen LogP contribution is -2.06.